The van der Waals surface area contributed by atoms with E-state index >= 15 is 0 Å². The van der Waals surface area contributed by atoms with Gasteiger partial charge in [-0.25, -0.2) is 0 Å². The van der Waals surface area contributed by atoms with Gasteiger partial charge in [-0.2, -0.15) is 0 Å². The SMILES string of the molecule is CC1(C)CCC(CN2CCN(c3ccc(SNC(=O)c4cncc([N+](=O)[O-])c4)cc3)CC2)=C(c2ccc(Cl)cc2)C1. The van der Waals surface area contributed by atoms with Gasteiger partial charge in [0, 0.05) is 60.6 Å². The highest BCUT2D eigenvalue weighted by Crippen LogP contribution is 2.43. The Morgan fingerprint density at radius 3 is 2.46 bits per heavy atom. The molecule has 1 saturated heterocycles. The second-order valence-corrected chi connectivity index (χ2v) is 12.7. The quantitative estimate of drug-likeness (QED) is 0.174. The zero-order chi connectivity index (χ0) is 29.0. The molecule has 0 saturated carbocycles. The molecule has 1 amide bonds. The minimum absolute atomic E-state index is 0.147. The first kappa shape index (κ1) is 29.1. The average Bonchev–Trinajstić information content (AvgIpc) is 2.98. The summed E-state index contributed by atoms with van der Waals surface area (Å²) in [7, 11) is 0. The topological polar surface area (TPSA) is 91.6 Å². The Hall–Kier alpha value is -3.40. The molecule has 1 fully saturated rings. The Kier molecular flexibility index (Phi) is 8.97. The van der Waals surface area contributed by atoms with Crippen molar-refractivity contribution < 1.29 is 9.72 Å². The van der Waals surface area contributed by atoms with Crippen molar-refractivity contribution in [2.75, 3.05) is 37.6 Å². The normalized spacial score (nSPS) is 17.4. The van der Waals surface area contributed by atoms with Gasteiger partial charge in [0.2, 0.25) is 0 Å². The first-order chi connectivity index (χ1) is 19.7. The van der Waals surface area contributed by atoms with Crippen LogP contribution in [0.4, 0.5) is 11.4 Å². The summed E-state index contributed by atoms with van der Waals surface area (Å²) in [5.74, 6) is -0.428. The number of pyridine rings is 1. The molecule has 1 aromatic heterocycles. The highest BCUT2D eigenvalue weighted by atomic mass is 35.5. The number of nitro groups is 1. The van der Waals surface area contributed by atoms with Crippen LogP contribution in [-0.2, 0) is 0 Å². The minimum atomic E-state index is -0.567. The molecule has 8 nitrogen and oxygen atoms in total. The number of carbonyl (C=O) groups excluding carboxylic acids is 1. The molecule has 0 bridgehead atoms. The lowest BCUT2D eigenvalue weighted by atomic mass is 9.72. The van der Waals surface area contributed by atoms with Gasteiger partial charge in [0.15, 0.2) is 0 Å². The molecule has 1 N–H and O–H groups in total. The van der Waals surface area contributed by atoms with Crippen LogP contribution in [0.25, 0.3) is 5.57 Å². The molecular formula is C31H34ClN5O3S. The number of nitrogens with one attached hydrogen (secondary N) is 1. The third kappa shape index (κ3) is 7.47. The monoisotopic (exact) mass is 591 g/mol. The summed E-state index contributed by atoms with van der Waals surface area (Å²) in [5.41, 5.74) is 5.74. The molecule has 0 atom stereocenters. The number of hydrogen-bond donors (Lipinski definition) is 1. The van der Waals surface area contributed by atoms with Crippen LogP contribution < -0.4 is 9.62 Å². The molecule has 0 spiro atoms. The Morgan fingerprint density at radius 2 is 1.78 bits per heavy atom. The number of anilines is 1. The number of carbonyl (C=O) groups is 1. The zero-order valence-electron chi connectivity index (χ0n) is 23.3. The zero-order valence-corrected chi connectivity index (χ0v) is 24.9. The minimum Gasteiger partial charge on any atom is -0.369 e. The molecule has 3 aromatic rings. The van der Waals surface area contributed by atoms with Gasteiger partial charge >= 0.3 is 0 Å². The number of piperazine rings is 1. The number of benzene rings is 2. The number of aromatic nitrogens is 1. The van der Waals surface area contributed by atoms with Gasteiger partial charge < -0.3 is 4.90 Å². The van der Waals surface area contributed by atoms with Crippen LogP contribution in [0.15, 0.2) is 77.5 Å². The number of hydrogen-bond acceptors (Lipinski definition) is 7. The van der Waals surface area contributed by atoms with E-state index in [1.165, 1.54) is 41.8 Å². The number of rotatable bonds is 8. The molecule has 1 aliphatic heterocycles. The molecule has 5 rings (SSSR count). The number of nitrogens with zero attached hydrogens (tertiary/aromatic N) is 4. The van der Waals surface area contributed by atoms with Gasteiger partial charge in [-0.05, 0) is 84.2 Å². The molecule has 0 radical (unpaired) electrons. The largest absolute Gasteiger partial charge is 0.369 e. The van der Waals surface area contributed by atoms with E-state index in [9.17, 15) is 14.9 Å². The van der Waals surface area contributed by atoms with Crippen molar-refractivity contribution in [3.05, 3.63) is 98.8 Å². The number of allylic oxidation sites excluding steroid dienone is 1. The van der Waals surface area contributed by atoms with Gasteiger partial charge in [-0.15, -0.1) is 0 Å². The molecule has 214 valence electrons. The molecule has 41 heavy (non-hydrogen) atoms. The second kappa shape index (κ2) is 12.6. The Balaban J connectivity index is 1.15. The van der Waals surface area contributed by atoms with E-state index in [1.807, 2.05) is 24.3 Å². The fraction of sp³-hybridized carbons (Fsp3) is 0.355. The summed E-state index contributed by atoms with van der Waals surface area (Å²) < 4.78 is 2.73. The van der Waals surface area contributed by atoms with Crippen molar-refractivity contribution in [3.8, 4) is 0 Å². The molecule has 2 aliphatic rings. The van der Waals surface area contributed by atoms with Gasteiger partial charge in [0.1, 0.15) is 6.20 Å². The van der Waals surface area contributed by atoms with Crippen LogP contribution >= 0.6 is 23.5 Å². The first-order valence-electron chi connectivity index (χ1n) is 13.8. The van der Waals surface area contributed by atoms with E-state index in [2.05, 4.69) is 57.6 Å². The second-order valence-electron chi connectivity index (χ2n) is 11.4. The van der Waals surface area contributed by atoms with Crippen molar-refractivity contribution >= 4 is 46.4 Å². The summed E-state index contributed by atoms with van der Waals surface area (Å²) in [6.07, 6.45) is 5.88. The van der Waals surface area contributed by atoms with Crippen LogP contribution in [0.1, 0.15) is 49.0 Å². The van der Waals surface area contributed by atoms with Crippen LogP contribution in [-0.4, -0.2) is 53.4 Å². The lowest BCUT2D eigenvalue weighted by Crippen LogP contribution is -2.47. The molecule has 0 unspecified atom stereocenters. The fourth-order valence-corrected chi connectivity index (χ4v) is 6.17. The standard InChI is InChI=1S/C31H34ClN5O3S/c1-31(2)12-11-23(29(18-31)22-3-5-25(32)6-4-22)21-35-13-15-36(16-14-35)26-7-9-28(10-8-26)41-34-30(38)24-17-27(37(39)40)20-33-19-24/h3-10,17,19-20H,11-16,18,21H2,1-2H3,(H,34,38). The fourth-order valence-electron chi connectivity index (χ4n) is 5.44. The highest BCUT2D eigenvalue weighted by molar-refractivity contribution is 7.98. The van der Waals surface area contributed by atoms with E-state index in [0.717, 1.165) is 67.4 Å². The van der Waals surface area contributed by atoms with Crippen LogP contribution in [0.3, 0.4) is 0 Å². The van der Waals surface area contributed by atoms with Crippen LogP contribution in [0.5, 0.6) is 0 Å². The van der Waals surface area contributed by atoms with Crippen molar-refractivity contribution in [3.63, 3.8) is 0 Å². The first-order valence-corrected chi connectivity index (χ1v) is 15.0. The molecular weight excluding hydrogens is 558 g/mol. The predicted octanol–water partition coefficient (Wildman–Crippen LogP) is 6.87. The molecule has 10 heteroatoms. The summed E-state index contributed by atoms with van der Waals surface area (Å²) in [6.45, 7) is 9.67. The van der Waals surface area contributed by atoms with Gasteiger partial charge in [-0.1, -0.05) is 43.2 Å². The smallest absolute Gasteiger partial charge is 0.288 e. The van der Waals surface area contributed by atoms with Crippen molar-refractivity contribution in [1.82, 2.24) is 14.6 Å². The predicted molar refractivity (Wildman–Crippen MR) is 165 cm³/mol. The third-order valence-electron chi connectivity index (χ3n) is 7.83. The summed E-state index contributed by atoms with van der Waals surface area (Å²) in [6, 6.07) is 17.6. The molecule has 1 aliphatic carbocycles. The lowest BCUT2D eigenvalue weighted by molar-refractivity contribution is -0.385. The van der Waals surface area contributed by atoms with E-state index in [0.29, 0.717) is 5.41 Å². The van der Waals surface area contributed by atoms with Gasteiger partial charge in [0.25, 0.3) is 11.6 Å². The van der Waals surface area contributed by atoms with Crippen LogP contribution in [0, 0.1) is 15.5 Å². The Labute approximate surface area is 250 Å². The number of halogens is 1. The Bertz CT molecular complexity index is 1430. The highest BCUT2D eigenvalue weighted by Gasteiger charge is 2.29. The van der Waals surface area contributed by atoms with E-state index in [-0.39, 0.29) is 11.3 Å². The maximum Gasteiger partial charge on any atom is 0.288 e. The molecule has 2 aromatic carbocycles. The Morgan fingerprint density at radius 1 is 1.07 bits per heavy atom. The van der Waals surface area contributed by atoms with Crippen molar-refractivity contribution in [1.29, 1.82) is 0 Å². The average molecular weight is 592 g/mol. The van der Waals surface area contributed by atoms with E-state index in [1.54, 1.807) is 5.57 Å². The van der Waals surface area contributed by atoms with E-state index < -0.39 is 10.8 Å². The van der Waals surface area contributed by atoms with E-state index in [4.69, 9.17) is 11.6 Å². The summed E-state index contributed by atoms with van der Waals surface area (Å²) >= 11 is 7.34. The van der Waals surface area contributed by atoms with Crippen molar-refractivity contribution in [2.24, 2.45) is 5.41 Å². The van der Waals surface area contributed by atoms with Gasteiger partial charge in [0.05, 0.1) is 10.5 Å². The maximum atomic E-state index is 12.4. The summed E-state index contributed by atoms with van der Waals surface area (Å²) in [5, 5.41) is 11.7. The van der Waals surface area contributed by atoms with Crippen LogP contribution in [0.2, 0.25) is 5.02 Å². The number of amides is 1. The van der Waals surface area contributed by atoms with Gasteiger partial charge in [-0.3, -0.25) is 29.5 Å². The maximum absolute atomic E-state index is 12.4. The summed E-state index contributed by atoms with van der Waals surface area (Å²) in [4.78, 5) is 32.4. The lowest BCUT2D eigenvalue weighted by Gasteiger charge is -2.39. The third-order valence-corrected chi connectivity index (χ3v) is 8.87. The molecule has 2 heterocycles. The van der Waals surface area contributed by atoms with Crippen molar-refractivity contribution in [2.45, 2.75) is 38.0 Å².